The zero-order chi connectivity index (χ0) is 13.7. The van der Waals surface area contributed by atoms with Gasteiger partial charge in [0.2, 0.25) is 0 Å². The Morgan fingerprint density at radius 1 is 0.895 bits per heavy atom. The topological polar surface area (TPSA) is 15.6 Å². The molecule has 4 heteroatoms. The zero-order valence-corrected chi connectivity index (χ0v) is 12.8. The van der Waals surface area contributed by atoms with Gasteiger partial charge >= 0.3 is 0 Å². The summed E-state index contributed by atoms with van der Waals surface area (Å²) in [6, 6.07) is 18.5. The second-order valence-electron chi connectivity index (χ2n) is 4.41. The average Bonchev–Trinajstić information content (AvgIpc) is 2.46. The summed E-state index contributed by atoms with van der Waals surface area (Å²) in [7, 11) is 3.82. The monoisotopic (exact) mass is 288 g/mol. The SMILES string of the molecule is CN(C)/N=C/P(=S)(c1ccccc1)c1ccccc1. The first kappa shape index (κ1) is 14.0. The van der Waals surface area contributed by atoms with Gasteiger partial charge in [0.25, 0.3) is 0 Å². The van der Waals surface area contributed by atoms with E-state index < -0.39 is 6.04 Å². The van der Waals surface area contributed by atoms with Crippen molar-refractivity contribution in [3.8, 4) is 0 Å². The summed E-state index contributed by atoms with van der Waals surface area (Å²) >= 11 is 5.99. The van der Waals surface area contributed by atoms with E-state index in [2.05, 4.69) is 29.4 Å². The van der Waals surface area contributed by atoms with Crippen LogP contribution in [0.2, 0.25) is 0 Å². The van der Waals surface area contributed by atoms with Gasteiger partial charge in [-0.2, -0.15) is 5.10 Å². The number of nitrogens with zero attached hydrogens (tertiary/aromatic N) is 2. The summed E-state index contributed by atoms with van der Waals surface area (Å²) in [4.78, 5) is 0. The molecule has 19 heavy (non-hydrogen) atoms. The molecule has 0 aliphatic heterocycles. The fraction of sp³-hybridized carbons (Fsp3) is 0.133. The molecule has 0 amide bonds. The lowest BCUT2D eigenvalue weighted by atomic mass is 10.4. The van der Waals surface area contributed by atoms with E-state index in [-0.39, 0.29) is 0 Å². The molecule has 0 spiro atoms. The average molecular weight is 288 g/mol. The second-order valence-corrected chi connectivity index (χ2v) is 8.71. The van der Waals surface area contributed by atoms with E-state index >= 15 is 0 Å². The first-order chi connectivity index (χ1) is 9.13. The molecule has 0 bridgehead atoms. The predicted octanol–water partition coefficient (Wildman–Crippen LogP) is 2.62. The van der Waals surface area contributed by atoms with Crippen LogP contribution < -0.4 is 10.6 Å². The summed E-state index contributed by atoms with van der Waals surface area (Å²) in [5.74, 6) is 1.94. The molecule has 0 aliphatic rings. The van der Waals surface area contributed by atoms with Gasteiger partial charge in [-0.25, -0.2) is 0 Å². The number of rotatable bonds is 4. The van der Waals surface area contributed by atoms with Crippen LogP contribution in [0.3, 0.4) is 0 Å². The van der Waals surface area contributed by atoms with Crippen LogP contribution in [0.1, 0.15) is 0 Å². The van der Waals surface area contributed by atoms with Gasteiger partial charge in [0.1, 0.15) is 0 Å². The van der Waals surface area contributed by atoms with E-state index in [0.717, 1.165) is 0 Å². The van der Waals surface area contributed by atoms with Crippen molar-refractivity contribution in [1.82, 2.24) is 5.01 Å². The van der Waals surface area contributed by atoms with E-state index in [4.69, 9.17) is 11.8 Å². The van der Waals surface area contributed by atoms with Crippen LogP contribution in [0.4, 0.5) is 0 Å². The standard InChI is InChI=1S/C15H17N2PS/c1-17(2)16-13-18(19,14-9-5-3-6-10-14)15-11-7-4-8-12-15/h3-13H,1-2H3/b16-13+. The van der Waals surface area contributed by atoms with Crippen molar-refractivity contribution < 1.29 is 0 Å². The van der Waals surface area contributed by atoms with Crippen molar-refractivity contribution in [1.29, 1.82) is 0 Å². The summed E-state index contributed by atoms with van der Waals surface area (Å²) in [6.45, 7) is 0. The highest BCUT2D eigenvalue weighted by molar-refractivity contribution is 8.28. The van der Waals surface area contributed by atoms with Gasteiger partial charge in [-0.3, -0.25) is 0 Å². The number of hydrogen-bond acceptors (Lipinski definition) is 3. The largest absolute Gasteiger partial charge is 0.303 e. The fourth-order valence-electron chi connectivity index (χ4n) is 1.76. The number of benzene rings is 2. The van der Waals surface area contributed by atoms with Crippen LogP contribution in [0.5, 0.6) is 0 Å². The third-order valence-electron chi connectivity index (χ3n) is 2.72. The minimum Gasteiger partial charge on any atom is -0.303 e. The summed E-state index contributed by atoms with van der Waals surface area (Å²) < 4.78 is 0. The van der Waals surface area contributed by atoms with E-state index in [1.165, 1.54) is 10.6 Å². The molecule has 2 aromatic rings. The molecule has 0 aliphatic carbocycles. The highest BCUT2D eigenvalue weighted by Gasteiger charge is 2.19. The van der Waals surface area contributed by atoms with Gasteiger partial charge in [0.15, 0.2) is 0 Å². The molecule has 2 aromatic carbocycles. The molecule has 0 aromatic heterocycles. The summed E-state index contributed by atoms with van der Waals surface area (Å²) in [5.41, 5.74) is 0. The molecule has 0 unspecified atom stereocenters. The molecule has 0 fully saturated rings. The first-order valence-corrected chi connectivity index (χ1v) is 8.93. The maximum absolute atomic E-state index is 5.99. The van der Waals surface area contributed by atoms with Crippen molar-refractivity contribution >= 4 is 34.4 Å². The van der Waals surface area contributed by atoms with Gasteiger partial charge in [0.05, 0.1) is 12.0 Å². The Kier molecular flexibility index (Phi) is 4.52. The molecule has 0 N–H and O–H groups in total. The fourth-order valence-corrected chi connectivity index (χ4v) is 4.76. The van der Waals surface area contributed by atoms with Crippen molar-refractivity contribution in [3.63, 3.8) is 0 Å². The Bertz CT molecular complexity index is 551. The van der Waals surface area contributed by atoms with Gasteiger partial charge in [-0.15, -0.1) is 0 Å². The maximum Gasteiger partial charge on any atom is 0.0660 e. The Hall–Kier alpha value is -1.44. The molecular weight excluding hydrogens is 271 g/mol. The van der Waals surface area contributed by atoms with Crippen molar-refractivity contribution in [2.24, 2.45) is 5.10 Å². The van der Waals surface area contributed by atoms with Gasteiger partial charge in [0, 0.05) is 14.1 Å². The van der Waals surface area contributed by atoms with Crippen molar-refractivity contribution in [3.05, 3.63) is 60.7 Å². The van der Waals surface area contributed by atoms with Gasteiger partial charge < -0.3 is 5.01 Å². The molecule has 2 rings (SSSR count). The van der Waals surface area contributed by atoms with Crippen LogP contribution in [-0.4, -0.2) is 25.1 Å². The Labute approximate surface area is 119 Å². The van der Waals surface area contributed by atoms with Crippen molar-refractivity contribution in [2.75, 3.05) is 14.1 Å². The molecule has 0 heterocycles. The number of hydrogen-bond donors (Lipinski definition) is 0. The minimum absolute atomic E-state index is 1.17. The molecule has 0 saturated heterocycles. The lowest BCUT2D eigenvalue weighted by Crippen LogP contribution is -2.17. The Morgan fingerprint density at radius 3 is 1.68 bits per heavy atom. The molecular formula is C15H17N2PS. The summed E-state index contributed by atoms with van der Waals surface area (Å²) in [5, 5.41) is 8.52. The highest BCUT2D eigenvalue weighted by atomic mass is 32.4. The lowest BCUT2D eigenvalue weighted by molar-refractivity contribution is 0.441. The quantitative estimate of drug-likeness (QED) is 0.488. The maximum atomic E-state index is 5.99. The normalized spacial score (nSPS) is 11.7. The van der Waals surface area contributed by atoms with E-state index in [1.54, 1.807) is 5.01 Å². The van der Waals surface area contributed by atoms with Crippen LogP contribution >= 0.6 is 6.04 Å². The third kappa shape index (κ3) is 3.31. The van der Waals surface area contributed by atoms with Gasteiger partial charge in [-0.1, -0.05) is 72.5 Å². The number of hydrazone groups is 1. The molecule has 0 saturated carbocycles. The van der Waals surface area contributed by atoms with E-state index in [9.17, 15) is 0 Å². The van der Waals surface area contributed by atoms with Crippen LogP contribution in [0, 0.1) is 0 Å². The highest BCUT2D eigenvalue weighted by Crippen LogP contribution is 2.40. The molecule has 0 atom stereocenters. The van der Waals surface area contributed by atoms with Crippen LogP contribution in [0.25, 0.3) is 0 Å². The lowest BCUT2D eigenvalue weighted by Gasteiger charge is -2.19. The zero-order valence-electron chi connectivity index (χ0n) is 11.1. The second kappa shape index (κ2) is 6.14. The molecule has 2 nitrogen and oxygen atoms in total. The van der Waals surface area contributed by atoms with E-state index in [0.29, 0.717) is 0 Å². The third-order valence-corrected chi connectivity index (χ3v) is 6.83. The first-order valence-electron chi connectivity index (χ1n) is 6.06. The van der Waals surface area contributed by atoms with E-state index in [1.807, 2.05) is 56.4 Å². The molecule has 98 valence electrons. The van der Waals surface area contributed by atoms with Crippen LogP contribution in [-0.2, 0) is 11.8 Å². The smallest absolute Gasteiger partial charge is 0.0660 e. The summed E-state index contributed by atoms with van der Waals surface area (Å²) in [6.07, 6.45) is 0. The van der Waals surface area contributed by atoms with Gasteiger partial charge in [-0.05, 0) is 10.6 Å². The predicted molar refractivity (Wildman–Crippen MR) is 88.6 cm³/mol. The van der Waals surface area contributed by atoms with Crippen molar-refractivity contribution in [2.45, 2.75) is 0 Å². The Balaban J connectivity index is 2.55. The minimum atomic E-state index is -1.98. The Morgan fingerprint density at radius 2 is 1.32 bits per heavy atom. The van der Waals surface area contributed by atoms with Crippen LogP contribution in [0.15, 0.2) is 65.8 Å². The molecule has 0 radical (unpaired) electrons.